The van der Waals surface area contributed by atoms with Crippen molar-refractivity contribution in [2.75, 3.05) is 6.61 Å². The summed E-state index contributed by atoms with van der Waals surface area (Å²) >= 11 is 11.8. The van der Waals surface area contributed by atoms with Gasteiger partial charge in [-0.05, 0) is 44.2 Å². The topological polar surface area (TPSA) is 65.0 Å². The van der Waals surface area contributed by atoms with Crippen LogP contribution in [-0.4, -0.2) is 23.8 Å². The number of ether oxygens (including phenoxy) is 3. The molecule has 2 aromatic rings. The van der Waals surface area contributed by atoms with Crippen LogP contribution >= 0.6 is 23.2 Å². The van der Waals surface area contributed by atoms with Gasteiger partial charge >= 0.3 is 5.97 Å². The Bertz CT molecular complexity index is 716. The van der Waals surface area contributed by atoms with Gasteiger partial charge in [0.25, 0.3) is 0 Å². The number of carbonyl (C=O) groups is 1. The van der Waals surface area contributed by atoms with Gasteiger partial charge in [-0.25, -0.2) is 4.79 Å². The molecule has 128 valence electrons. The molecule has 1 atom stereocenters. The van der Waals surface area contributed by atoms with Crippen molar-refractivity contribution < 1.29 is 24.1 Å². The van der Waals surface area contributed by atoms with Crippen molar-refractivity contribution >= 4 is 29.2 Å². The summed E-state index contributed by atoms with van der Waals surface area (Å²) in [5.74, 6) is 0.690. The predicted molar refractivity (Wildman–Crippen MR) is 91.4 cm³/mol. The van der Waals surface area contributed by atoms with E-state index in [0.717, 1.165) is 0 Å². The molecule has 0 radical (unpaired) electrons. The minimum atomic E-state index is -0.709. The molecule has 0 saturated heterocycles. The van der Waals surface area contributed by atoms with Crippen LogP contribution in [-0.2, 0) is 9.53 Å². The van der Waals surface area contributed by atoms with Gasteiger partial charge in [-0.15, -0.1) is 0 Å². The molecule has 1 N–H and O–H groups in total. The Hall–Kier alpha value is -2.11. The van der Waals surface area contributed by atoms with Crippen LogP contribution in [0.2, 0.25) is 10.0 Å². The predicted octanol–water partition coefficient (Wildman–Crippen LogP) is 4.82. The fourth-order valence-electron chi connectivity index (χ4n) is 1.82. The maximum atomic E-state index is 11.5. The fourth-order valence-corrected chi connectivity index (χ4v) is 2.24. The molecule has 0 spiro atoms. The first-order valence-electron chi connectivity index (χ1n) is 7.20. The molecule has 0 aliphatic heterocycles. The number of carbonyl (C=O) groups excluding carboxylic acids is 1. The first-order chi connectivity index (χ1) is 11.4. The first kappa shape index (κ1) is 18.2. The zero-order valence-electron chi connectivity index (χ0n) is 13.1. The third-order valence-corrected chi connectivity index (χ3v) is 3.58. The molecule has 2 aromatic carbocycles. The lowest BCUT2D eigenvalue weighted by Gasteiger charge is -2.14. The standard InChI is InChI=1S/C17H16Cl2O5/c1-3-22-17(21)10(2)23-11-4-6-12(7-5-11)24-16-9-15(20)13(18)8-14(16)19/h4-10,20H,3H2,1-2H3. The highest BCUT2D eigenvalue weighted by molar-refractivity contribution is 6.36. The summed E-state index contributed by atoms with van der Waals surface area (Å²) < 4.78 is 15.9. The lowest BCUT2D eigenvalue weighted by Crippen LogP contribution is -2.25. The van der Waals surface area contributed by atoms with Crippen molar-refractivity contribution in [1.29, 1.82) is 0 Å². The summed E-state index contributed by atoms with van der Waals surface area (Å²) in [7, 11) is 0. The van der Waals surface area contributed by atoms with E-state index >= 15 is 0 Å². The van der Waals surface area contributed by atoms with E-state index in [-0.39, 0.29) is 21.5 Å². The summed E-state index contributed by atoms with van der Waals surface area (Å²) in [6.07, 6.45) is -0.709. The summed E-state index contributed by atoms with van der Waals surface area (Å²) in [5.41, 5.74) is 0. The molecule has 1 unspecified atom stereocenters. The average molecular weight is 371 g/mol. The number of hydrogen-bond acceptors (Lipinski definition) is 5. The van der Waals surface area contributed by atoms with Gasteiger partial charge in [-0.3, -0.25) is 0 Å². The second-order valence-corrected chi connectivity index (χ2v) is 5.63. The summed E-state index contributed by atoms with van der Waals surface area (Å²) in [5, 5.41) is 10.0. The molecule has 0 amide bonds. The molecule has 7 heteroatoms. The van der Waals surface area contributed by atoms with Gasteiger partial charge in [0.05, 0.1) is 16.7 Å². The normalized spacial score (nSPS) is 11.7. The Morgan fingerprint density at radius 3 is 2.38 bits per heavy atom. The van der Waals surface area contributed by atoms with Crippen LogP contribution in [0.1, 0.15) is 13.8 Å². The molecule has 0 aliphatic carbocycles. The number of halogens is 2. The van der Waals surface area contributed by atoms with E-state index < -0.39 is 12.1 Å². The van der Waals surface area contributed by atoms with Crippen molar-refractivity contribution in [3.8, 4) is 23.0 Å². The SMILES string of the molecule is CCOC(=O)C(C)Oc1ccc(Oc2cc(O)c(Cl)cc2Cl)cc1. The second kappa shape index (κ2) is 8.13. The highest BCUT2D eigenvalue weighted by Crippen LogP contribution is 2.37. The van der Waals surface area contributed by atoms with E-state index in [2.05, 4.69) is 0 Å². The molecule has 0 heterocycles. The monoisotopic (exact) mass is 370 g/mol. The van der Waals surface area contributed by atoms with Crippen molar-refractivity contribution in [1.82, 2.24) is 0 Å². The highest BCUT2D eigenvalue weighted by Gasteiger charge is 2.15. The van der Waals surface area contributed by atoms with Gasteiger partial charge < -0.3 is 19.3 Å². The van der Waals surface area contributed by atoms with Crippen molar-refractivity contribution in [2.24, 2.45) is 0 Å². The Kier molecular flexibility index (Phi) is 6.17. The van der Waals surface area contributed by atoms with E-state index in [0.29, 0.717) is 18.1 Å². The van der Waals surface area contributed by atoms with Crippen LogP contribution in [0.15, 0.2) is 36.4 Å². The summed E-state index contributed by atoms with van der Waals surface area (Å²) in [6, 6.07) is 9.32. The highest BCUT2D eigenvalue weighted by atomic mass is 35.5. The number of phenolic OH excluding ortho intramolecular Hbond substituents is 1. The molecule has 0 bridgehead atoms. The molecule has 0 fully saturated rings. The average Bonchev–Trinajstić information content (AvgIpc) is 2.54. The van der Waals surface area contributed by atoms with E-state index in [4.69, 9.17) is 37.4 Å². The Morgan fingerprint density at radius 2 is 1.75 bits per heavy atom. The maximum absolute atomic E-state index is 11.5. The zero-order chi connectivity index (χ0) is 17.7. The van der Waals surface area contributed by atoms with Crippen molar-refractivity contribution in [3.63, 3.8) is 0 Å². The van der Waals surface area contributed by atoms with Gasteiger partial charge in [0.2, 0.25) is 0 Å². The number of aromatic hydroxyl groups is 1. The molecule has 5 nitrogen and oxygen atoms in total. The molecule has 0 saturated carbocycles. The lowest BCUT2D eigenvalue weighted by molar-refractivity contribution is -0.150. The van der Waals surface area contributed by atoms with Gasteiger partial charge in [-0.2, -0.15) is 0 Å². The molecule has 24 heavy (non-hydrogen) atoms. The number of phenols is 1. The van der Waals surface area contributed by atoms with Crippen molar-refractivity contribution in [3.05, 3.63) is 46.4 Å². The largest absolute Gasteiger partial charge is 0.506 e. The van der Waals surface area contributed by atoms with Gasteiger partial charge in [-0.1, -0.05) is 23.2 Å². The minimum absolute atomic E-state index is 0.126. The lowest BCUT2D eigenvalue weighted by atomic mass is 10.3. The third-order valence-electron chi connectivity index (χ3n) is 2.98. The first-order valence-corrected chi connectivity index (χ1v) is 7.95. The van der Waals surface area contributed by atoms with Gasteiger partial charge in [0.15, 0.2) is 6.10 Å². The molecular formula is C17H16Cl2O5. The number of benzene rings is 2. The fraction of sp³-hybridized carbons (Fsp3) is 0.235. The van der Waals surface area contributed by atoms with E-state index in [1.54, 1.807) is 38.1 Å². The van der Waals surface area contributed by atoms with Crippen LogP contribution in [0.25, 0.3) is 0 Å². The number of hydrogen-bond donors (Lipinski definition) is 1. The van der Waals surface area contributed by atoms with Crippen LogP contribution in [0.5, 0.6) is 23.0 Å². The van der Waals surface area contributed by atoms with E-state index in [9.17, 15) is 9.90 Å². The summed E-state index contributed by atoms with van der Waals surface area (Å²) in [6.45, 7) is 3.64. The zero-order valence-corrected chi connectivity index (χ0v) is 14.6. The summed E-state index contributed by atoms with van der Waals surface area (Å²) in [4.78, 5) is 11.5. The van der Waals surface area contributed by atoms with Crippen LogP contribution in [0, 0.1) is 0 Å². The number of rotatable bonds is 6. The molecule has 0 aromatic heterocycles. The van der Waals surface area contributed by atoms with Gasteiger partial charge in [0, 0.05) is 6.07 Å². The minimum Gasteiger partial charge on any atom is -0.506 e. The van der Waals surface area contributed by atoms with Crippen LogP contribution < -0.4 is 9.47 Å². The second-order valence-electron chi connectivity index (χ2n) is 4.82. The quantitative estimate of drug-likeness (QED) is 0.738. The van der Waals surface area contributed by atoms with E-state index in [1.165, 1.54) is 12.1 Å². The van der Waals surface area contributed by atoms with Gasteiger partial charge in [0.1, 0.15) is 23.0 Å². The third kappa shape index (κ3) is 4.69. The maximum Gasteiger partial charge on any atom is 0.347 e. The van der Waals surface area contributed by atoms with E-state index in [1.807, 2.05) is 0 Å². The van der Waals surface area contributed by atoms with Crippen LogP contribution in [0.4, 0.5) is 0 Å². The Morgan fingerprint density at radius 1 is 1.12 bits per heavy atom. The number of esters is 1. The van der Waals surface area contributed by atoms with Crippen LogP contribution in [0.3, 0.4) is 0 Å². The molecule has 2 rings (SSSR count). The molecule has 0 aliphatic rings. The Labute approximate surface area is 149 Å². The smallest absolute Gasteiger partial charge is 0.347 e. The molecular weight excluding hydrogens is 355 g/mol. The van der Waals surface area contributed by atoms with Crippen molar-refractivity contribution in [2.45, 2.75) is 20.0 Å². The Balaban J connectivity index is 2.05.